The zero-order valence-electron chi connectivity index (χ0n) is 12.2. The second-order valence-corrected chi connectivity index (χ2v) is 5.80. The number of aryl methyl sites for hydroxylation is 2. The molecule has 9 heteroatoms. The number of nitrogens with zero attached hydrogens (tertiary/aromatic N) is 2. The molecule has 0 saturated heterocycles. The third-order valence-electron chi connectivity index (χ3n) is 2.79. The molecule has 0 bridgehead atoms. The molecule has 118 valence electrons. The van der Waals surface area contributed by atoms with Gasteiger partial charge in [0, 0.05) is 12.1 Å². The highest BCUT2D eigenvalue weighted by Gasteiger charge is 2.16. The van der Waals surface area contributed by atoms with Crippen LogP contribution in [-0.2, 0) is 0 Å². The minimum atomic E-state index is -0.361. The summed E-state index contributed by atoms with van der Waals surface area (Å²) >= 11 is 1.06. The molecule has 0 unspecified atom stereocenters. The molecular weight excluding hydrogens is 320 g/mol. The normalized spacial score (nSPS) is 10.5. The van der Waals surface area contributed by atoms with Gasteiger partial charge in [-0.15, -0.1) is 11.3 Å². The molecule has 3 aromatic heterocycles. The number of rotatable bonds is 4. The Balaban J connectivity index is 1.67. The lowest BCUT2D eigenvalue weighted by Gasteiger charge is -1.98. The Labute approximate surface area is 134 Å². The fourth-order valence-electron chi connectivity index (χ4n) is 1.79. The van der Waals surface area contributed by atoms with Crippen LogP contribution in [0.4, 0.5) is 11.6 Å². The van der Waals surface area contributed by atoms with Crippen molar-refractivity contribution in [2.24, 2.45) is 0 Å². The highest BCUT2D eigenvalue weighted by Crippen LogP contribution is 2.20. The third-order valence-corrected chi connectivity index (χ3v) is 3.88. The Morgan fingerprint density at radius 1 is 0.913 bits per heavy atom. The van der Waals surface area contributed by atoms with Gasteiger partial charge in [0.25, 0.3) is 11.8 Å². The molecule has 3 heterocycles. The largest absolute Gasteiger partial charge is 0.360 e. The van der Waals surface area contributed by atoms with Crippen LogP contribution in [0.15, 0.2) is 33.3 Å². The SMILES string of the molecule is Cc1cc(NC(=O)c2ccc(C(=O)Nc3cc(C)on3)s2)no1. The zero-order chi connectivity index (χ0) is 16.4. The first-order valence-electron chi connectivity index (χ1n) is 6.60. The van der Waals surface area contributed by atoms with E-state index in [1.54, 1.807) is 38.1 Å². The van der Waals surface area contributed by atoms with E-state index >= 15 is 0 Å². The number of amides is 2. The Hall–Kier alpha value is -2.94. The average molecular weight is 332 g/mol. The van der Waals surface area contributed by atoms with Crippen molar-refractivity contribution in [1.29, 1.82) is 0 Å². The number of aromatic nitrogens is 2. The summed E-state index contributed by atoms with van der Waals surface area (Å²) in [5.41, 5.74) is 0. The van der Waals surface area contributed by atoms with E-state index in [2.05, 4.69) is 20.9 Å². The maximum atomic E-state index is 12.1. The van der Waals surface area contributed by atoms with Crippen LogP contribution in [0, 0.1) is 13.8 Å². The number of anilines is 2. The van der Waals surface area contributed by atoms with E-state index in [4.69, 9.17) is 9.05 Å². The van der Waals surface area contributed by atoms with Gasteiger partial charge in [-0.3, -0.25) is 9.59 Å². The molecule has 0 aliphatic carbocycles. The number of hydrogen-bond donors (Lipinski definition) is 2. The zero-order valence-corrected chi connectivity index (χ0v) is 13.1. The molecule has 0 saturated carbocycles. The summed E-state index contributed by atoms with van der Waals surface area (Å²) in [7, 11) is 0. The summed E-state index contributed by atoms with van der Waals surface area (Å²) in [6.07, 6.45) is 0. The molecule has 3 rings (SSSR count). The van der Waals surface area contributed by atoms with E-state index in [-0.39, 0.29) is 11.8 Å². The monoisotopic (exact) mass is 332 g/mol. The molecule has 0 spiro atoms. The van der Waals surface area contributed by atoms with Crippen molar-refractivity contribution >= 4 is 34.8 Å². The molecule has 0 fully saturated rings. The average Bonchev–Trinajstić information content (AvgIpc) is 3.21. The second kappa shape index (κ2) is 6.05. The fourth-order valence-corrected chi connectivity index (χ4v) is 2.58. The van der Waals surface area contributed by atoms with Gasteiger partial charge in [0.15, 0.2) is 11.6 Å². The van der Waals surface area contributed by atoms with Gasteiger partial charge < -0.3 is 19.7 Å². The third kappa shape index (κ3) is 3.46. The van der Waals surface area contributed by atoms with Crippen molar-refractivity contribution in [2.75, 3.05) is 10.6 Å². The number of thiophene rings is 1. The number of carbonyl (C=O) groups is 2. The molecule has 0 atom stereocenters. The molecule has 2 amide bonds. The van der Waals surface area contributed by atoms with Gasteiger partial charge in [-0.25, -0.2) is 0 Å². The quantitative estimate of drug-likeness (QED) is 0.760. The maximum absolute atomic E-state index is 12.1. The van der Waals surface area contributed by atoms with Gasteiger partial charge in [-0.2, -0.15) is 0 Å². The summed E-state index contributed by atoms with van der Waals surface area (Å²) in [5, 5.41) is 12.5. The van der Waals surface area contributed by atoms with Crippen LogP contribution >= 0.6 is 11.3 Å². The Morgan fingerprint density at radius 2 is 1.35 bits per heavy atom. The lowest BCUT2D eigenvalue weighted by atomic mass is 10.4. The molecule has 0 aliphatic heterocycles. The van der Waals surface area contributed by atoms with Gasteiger partial charge in [0.1, 0.15) is 11.5 Å². The molecule has 0 aliphatic rings. The number of carbonyl (C=O) groups excluding carboxylic acids is 2. The van der Waals surface area contributed by atoms with Crippen LogP contribution in [0.2, 0.25) is 0 Å². The Morgan fingerprint density at radius 3 is 1.70 bits per heavy atom. The van der Waals surface area contributed by atoms with Crippen molar-refractivity contribution in [3.8, 4) is 0 Å². The Kier molecular flexibility index (Phi) is 3.94. The van der Waals surface area contributed by atoms with E-state index in [9.17, 15) is 9.59 Å². The van der Waals surface area contributed by atoms with E-state index in [1.165, 1.54) is 0 Å². The molecular formula is C14H12N4O4S. The van der Waals surface area contributed by atoms with E-state index in [0.29, 0.717) is 32.9 Å². The topological polar surface area (TPSA) is 110 Å². The predicted octanol–water partition coefficient (Wildman–Crippen LogP) is 2.85. The lowest BCUT2D eigenvalue weighted by Crippen LogP contribution is -2.11. The number of nitrogens with one attached hydrogen (secondary N) is 2. The minimum Gasteiger partial charge on any atom is -0.360 e. The van der Waals surface area contributed by atoms with E-state index in [1.807, 2.05) is 0 Å². The molecule has 2 N–H and O–H groups in total. The molecule has 0 radical (unpaired) electrons. The van der Waals surface area contributed by atoms with E-state index < -0.39 is 0 Å². The first-order chi connectivity index (χ1) is 11.0. The van der Waals surface area contributed by atoms with Gasteiger partial charge >= 0.3 is 0 Å². The summed E-state index contributed by atoms with van der Waals surface area (Å²) in [6.45, 7) is 3.45. The fraction of sp³-hybridized carbons (Fsp3) is 0.143. The lowest BCUT2D eigenvalue weighted by molar-refractivity contribution is 0.102. The van der Waals surface area contributed by atoms with Crippen LogP contribution < -0.4 is 10.6 Å². The van der Waals surface area contributed by atoms with Crippen molar-refractivity contribution in [3.05, 3.63) is 45.5 Å². The van der Waals surface area contributed by atoms with Crippen LogP contribution in [0.3, 0.4) is 0 Å². The van der Waals surface area contributed by atoms with Crippen molar-refractivity contribution < 1.29 is 18.6 Å². The molecule has 23 heavy (non-hydrogen) atoms. The molecule has 8 nitrogen and oxygen atoms in total. The predicted molar refractivity (Wildman–Crippen MR) is 82.7 cm³/mol. The summed E-state index contributed by atoms with van der Waals surface area (Å²) in [6, 6.07) is 6.34. The van der Waals surface area contributed by atoms with Crippen molar-refractivity contribution in [3.63, 3.8) is 0 Å². The van der Waals surface area contributed by atoms with Gasteiger partial charge in [0.2, 0.25) is 0 Å². The van der Waals surface area contributed by atoms with Gasteiger partial charge in [-0.05, 0) is 26.0 Å². The maximum Gasteiger partial charge on any atom is 0.266 e. The van der Waals surface area contributed by atoms with E-state index in [0.717, 1.165) is 11.3 Å². The summed E-state index contributed by atoms with van der Waals surface area (Å²) in [4.78, 5) is 24.9. The Bertz CT molecular complexity index is 795. The highest BCUT2D eigenvalue weighted by atomic mass is 32.1. The molecule has 0 aromatic carbocycles. The summed E-state index contributed by atoms with van der Waals surface area (Å²) < 4.78 is 9.74. The van der Waals surface area contributed by atoms with Gasteiger partial charge in [0.05, 0.1) is 9.75 Å². The van der Waals surface area contributed by atoms with Crippen LogP contribution in [-0.4, -0.2) is 22.1 Å². The smallest absolute Gasteiger partial charge is 0.266 e. The molecule has 3 aromatic rings. The number of hydrogen-bond acceptors (Lipinski definition) is 7. The van der Waals surface area contributed by atoms with Crippen LogP contribution in [0.5, 0.6) is 0 Å². The first kappa shape index (κ1) is 15.0. The minimum absolute atomic E-state index is 0.324. The first-order valence-corrected chi connectivity index (χ1v) is 7.42. The van der Waals surface area contributed by atoms with Crippen molar-refractivity contribution in [1.82, 2.24) is 10.3 Å². The van der Waals surface area contributed by atoms with Crippen molar-refractivity contribution in [2.45, 2.75) is 13.8 Å². The van der Waals surface area contributed by atoms with Crippen LogP contribution in [0.1, 0.15) is 30.9 Å². The highest BCUT2D eigenvalue weighted by molar-refractivity contribution is 7.16. The van der Waals surface area contributed by atoms with Gasteiger partial charge in [-0.1, -0.05) is 10.3 Å². The standard InChI is InChI=1S/C14H12N4O4S/c1-7-5-11(17-21-7)15-13(19)9-3-4-10(23-9)14(20)16-12-6-8(2)22-18-12/h3-6H,1-2H3,(H,15,17,19)(H,16,18,20). The second-order valence-electron chi connectivity index (χ2n) is 4.72. The van der Waals surface area contributed by atoms with Crippen LogP contribution in [0.25, 0.3) is 0 Å². The summed E-state index contributed by atoms with van der Waals surface area (Å²) in [5.74, 6) is 1.11.